The zero-order valence-corrected chi connectivity index (χ0v) is 30.5. The number of nitrogens with one attached hydrogen (secondary N) is 1. The molecule has 3 fully saturated rings. The van der Waals surface area contributed by atoms with E-state index in [1.165, 1.54) is 4.57 Å². The lowest BCUT2D eigenvalue weighted by Gasteiger charge is -2.43. The molecule has 14 heteroatoms. The number of fused-ring (bicyclic) bond motifs is 3. The van der Waals surface area contributed by atoms with Crippen molar-refractivity contribution in [1.29, 1.82) is 0 Å². The third-order valence-electron chi connectivity index (χ3n) is 11.3. The van der Waals surface area contributed by atoms with Crippen LogP contribution in [0.2, 0.25) is 0 Å². The van der Waals surface area contributed by atoms with Crippen molar-refractivity contribution in [3.63, 3.8) is 0 Å². The van der Waals surface area contributed by atoms with E-state index in [0.29, 0.717) is 35.6 Å². The summed E-state index contributed by atoms with van der Waals surface area (Å²) in [4.78, 5) is 51.6. The summed E-state index contributed by atoms with van der Waals surface area (Å²) in [7, 11) is 1.73. The number of piperidine rings is 1. The summed E-state index contributed by atoms with van der Waals surface area (Å²) in [6.07, 6.45) is 11.7. The van der Waals surface area contributed by atoms with Crippen LogP contribution in [0.4, 0.5) is 17.3 Å². The Bertz CT molecular complexity index is 2250. The number of piperazine rings is 1. The molecular formula is C40H46N10O4. The Balaban J connectivity index is 0.819. The lowest BCUT2D eigenvalue weighted by Crippen LogP contribution is -2.54. The monoisotopic (exact) mass is 730 g/mol. The van der Waals surface area contributed by atoms with E-state index in [-0.39, 0.29) is 23.8 Å². The maximum absolute atomic E-state index is 13.1. The van der Waals surface area contributed by atoms with Gasteiger partial charge >= 0.3 is 5.69 Å². The highest BCUT2D eigenvalue weighted by atomic mass is 16.3. The second kappa shape index (κ2) is 14.9. The van der Waals surface area contributed by atoms with E-state index in [1.807, 2.05) is 42.6 Å². The van der Waals surface area contributed by atoms with Crippen LogP contribution in [-0.2, 0) is 29.5 Å². The van der Waals surface area contributed by atoms with Gasteiger partial charge in [0.2, 0.25) is 11.8 Å². The number of carbonyl (C=O) groups is 2. The van der Waals surface area contributed by atoms with Crippen LogP contribution in [0.25, 0.3) is 22.3 Å². The second-order valence-corrected chi connectivity index (χ2v) is 14.8. The number of nitrogens with zero attached hydrogens (tertiary/aromatic N) is 8. The Kier molecular flexibility index (Phi) is 9.74. The number of phenols is 1. The van der Waals surface area contributed by atoms with Gasteiger partial charge in [-0.25, -0.2) is 14.8 Å². The number of phenolic OH excluding ortho intramolecular Hbond substituents is 1. The molecule has 2 aromatic carbocycles. The maximum Gasteiger partial charge on any atom is 0.329 e. The van der Waals surface area contributed by atoms with Crippen molar-refractivity contribution in [2.75, 3.05) is 28.6 Å². The quantitative estimate of drug-likeness (QED) is 0.122. The molecule has 3 atom stereocenters. The first kappa shape index (κ1) is 35.3. The Morgan fingerprint density at radius 2 is 1.63 bits per heavy atom. The fourth-order valence-electron chi connectivity index (χ4n) is 8.53. The fourth-order valence-corrected chi connectivity index (χ4v) is 8.53. The topological polar surface area (TPSA) is 177 Å². The summed E-state index contributed by atoms with van der Waals surface area (Å²) in [6, 6.07) is 17.0. The highest BCUT2D eigenvalue weighted by molar-refractivity contribution is 6.00. The van der Waals surface area contributed by atoms with Crippen LogP contribution in [0.5, 0.6) is 5.75 Å². The Labute approximate surface area is 313 Å². The van der Waals surface area contributed by atoms with E-state index in [9.17, 15) is 19.5 Å². The third kappa shape index (κ3) is 6.88. The number of nitrogen functional groups attached to an aromatic ring is 1. The van der Waals surface area contributed by atoms with Gasteiger partial charge in [-0.15, -0.1) is 10.2 Å². The largest absolute Gasteiger partial charge is 0.507 e. The number of nitrogens with two attached hydrogens (primary N) is 1. The molecule has 0 aliphatic carbocycles. The molecule has 5 aromatic rings. The lowest BCUT2D eigenvalue weighted by atomic mass is 10.0. The molecule has 3 saturated heterocycles. The van der Waals surface area contributed by atoms with E-state index in [2.05, 4.69) is 36.4 Å². The molecule has 2 bridgehead atoms. The van der Waals surface area contributed by atoms with E-state index < -0.39 is 11.9 Å². The minimum Gasteiger partial charge on any atom is -0.507 e. The van der Waals surface area contributed by atoms with Gasteiger partial charge in [-0.05, 0) is 80.5 Å². The summed E-state index contributed by atoms with van der Waals surface area (Å²) < 4.78 is 3.12. The predicted octanol–water partition coefficient (Wildman–Crippen LogP) is 4.45. The highest BCUT2D eigenvalue weighted by Gasteiger charge is 2.41. The Morgan fingerprint density at radius 3 is 2.41 bits per heavy atom. The zero-order chi connectivity index (χ0) is 37.3. The number of para-hydroxylation sites is 1. The summed E-state index contributed by atoms with van der Waals surface area (Å²) in [5, 5.41) is 21.3. The number of carbonyl (C=O) groups excluding carboxylic acids is 2. The number of aromatic nitrogens is 6. The summed E-state index contributed by atoms with van der Waals surface area (Å²) in [5.41, 5.74) is 10.9. The van der Waals surface area contributed by atoms with Gasteiger partial charge < -0.3 is 20.6 Å². The molecule has 0 spiro atoms. The van der Waals surface area contributed by atoms with Gasteiger partial charge in [0.05, 0.1) is 22.4 Å². The summed E-state index contributed by atoms with van der Waals surface area (Å²) in [6.45, 7) is 1.60. The summed E-state index contributed by atoms with van der Waals surface area (Å²) >= 11 is 0. The number of aromatic hydroxyl groups is 1. The lowest BCUT2D eigenvalue weighted by molar-refractivity contribution is -0.135. The number of hydrogen-bond acceptors (Lipinski definition) is 11. The minimum absolute atomic E-state index is 0.162. The van der Waals surface area contributed by atoms with Gasteiger partial charge in [0, 0.05) is 56.8 Å². The number of hydrogen-bond donors (Lipinski definition) is 3. The van der Waals surface area contributed by atoms with E-state index in [1.54, 1.807) is 23.7 Å². The standard InChI is InChI=1S/C40H46N10O4/c1-47-32-21-25(13-16-30(32)50(40(47)54)31-17-18-37(52)44-39(31)53)9-5-3-2-4-6-12-35-42-20-19-36(43-35)49-26-14-15-27(49)24-48(23-26)33-22-29(45-46-38(33)41)28-10-7-8-11-34(28)51/h7-8,10-11,13,16,19-22,26-27,31,51H,2-6,9,12,14-15,17-18,23-24H2,1H3,(H2,41,46)(H,44,52,53). The number of anilines is 3. The molecule has 0 saturated carbocycles. The van der Waals surface area contributed by atoms with E-state index in [0.717, 1.165) is 105 Å². The molecule has 6 heterocycles. The van der Waals surface area contributed by atoms with Gasteiger partial charge in [0.15, 0.2) is 5.82 Å². The van der Waals surface area contributed by atoms with E-state index >= 15 is 0 Å². The van der Waals surface area contributed by atoms with Crippen LogP contribution in [0.15, 0.2) is 65.6 Å². The van der Waals surface area contributed by atoms with Gasteiger partial charge in [0.25, 0.3) is 0 Å². The van der Waals surface area contributed by atoms with E-state index in [4.69, 9.17) is 10.7 Å². The number of benzene rings is 2. The smallest absolute Gasteiger partial charge is 0.329 e. The first-order valence-electron chi connectivity index (χ1n) is 19.1. The van der Waals surface area contributed by atoms with Gasteiger partial charge in [-0.3, -0.25) is 24.0 Å². The molecule has 54 heavy (non-hydrogen) atoms. The zero-order valence-electron chi connectivity index (χ0n) is 30.5. The van der Waals surface area contributed by atoms with Crippen molar-refractivity contribution in [1.82, 2.24) is 34.6 Å². The van der Waals surface area contributed by atoms with Crippen LogP contribution in [-0.4, -0.2) is 71.4 Å². The van der Waals surface area contributed by atoms with Crippen LogP contribution in [0.1, 0.15) is 75.2 Å². The molecule has 280 valence electrons. The second-order valence-electron chi connectivity index (χ2n) is 14.8. The molecule has 3 aliphatic rings. The average Bonchev–Trinajstić information content (AvgIpc) is 3.58. The molecule has 14 nitrogen and oxygen atoms in total. The number of aryl methyl sites for hydroxylation is 3. The number of unbranched alkanes of at least 4 members (excludes halogenated alkanes) is 4. The highest BCUT2D eigenvalue weighted by Crippen LogP contribution is 2.38. The van der Waals surface area contributed by atoms with Gasteiger partial charge in [-0.2, -0.15) is 0 Å². The molecule has 3 unspecified atom stereocenters. The molecule has 3 aromatic heterocycles. The van der Waals surface area contributed by atoms with Crippen molar-refractivity contribution in [2.24, 2.45) is 7.05 Å². The average molecular weight is 731 g/mol. The maximum atomic E-state index is 13.1. The van der Waals surface area contributed by atoms with Crippen molar-refractivity contribution in [2.45, 2.75) is 88.8 Å². The molecular weight excluding hydrogens is 685 g/mol. The molecule has 3 aliphatic heterocycles. The van der Waals surface area contributed by atoms with Crippen molar-refractivity contribution in [3.8, 4) is 17.0 Å². The van der Waals surface area contributed by atoms with Crippen molar-refractivity contribution < 1.29 is 14.7 Å². The normalized spacial score (nSPS) is 19.8. The summed E-state index contributed by atoms with van der Waals surface area (Å²) in [5.74, 6) is 1.71. The number of imide groups is 1. The van der Waals surface area contributed by atoms with Gasteiger partial charge in [0.1, 0.15) is 23.4 Å². The van der Waals surface area contributed by atoms with Crippen LogP contribution < -0.4 is 26.5 Å². The van der Waals surface area contributed by atoms with Crippen LogP contribution in [0, 0.1) is 0 Å². The minimum atomic E-state index is -0.674. The predicted molar refractivity (Wildman–Crippen MR) is 206 cm³/mol. The third-order valence-corrected chi connectivity index (χ3v) is 11.3. The number of amides is 2. The first-order chi connectivity index (χ1) is 26.2. The van der Waals surface area contributed by atoms with Gasteiger partial charge in [-0.1, -0.05) is 37.5 Å². The SMILES string of the molecule is Cn1c(=O)n(C2CCC(=O)NC2=O)c2ccc(CCCCCCCc3nccc(N4C5CCC4CN(c4cc(-c6ccccc6O)nnc4N)C5)n3)cc21. The van der Waals surface area contributed by atoms with Crippen molar-refractivity contribution >= 4 is 40.2 Å². The van der Waals surface area contributed by atoms with Crippen molar-refractivity contribution in [3.05, 3.63) is 82.7 Å². The number of imidazole rings is 1. The van der Waals surface area contributed by atoms with Crippen LogP contribution >= 0.6 is 0 Å². The molecule has 4 N–H and O–H groups in total. The molecule has 2 amide bonds. The van der Waals surface area contributed by atoms with Crippen LogP contribution in [0.3, 0.4) is 0 Å². The molecule has 8 rings (SSSR count). The fraction of sp³-hybridized carbons (Fsp3) is 0.425. The Hall–Kier alpha value is -5.79. The number of rotatable bonds is 12. The Morgan fingerprint density at radius 1 is 0.870 bits per heavy atom. The first-order valence-corrected chi connectivity index (χ1v) is 19.1. The molecule has 0 radical (unpaired) electrons.